The Bertz CT molecular complexity index is 378. The van der Waals surface area contributed by atoms with Crippen LogP contribution in [0.15, 0.2) is 6.20 Å². The van der Waals surface area contributed by atoms with Crippen molar-refractivity contribution in [3.8, 4) is 0 Å². The van der Waals surface area contributed by atoms with Gasteiger partial charge >= 0.3 is 0 Å². The van der Waals surface area contributed by atoms with Crippen LogP contribution >= 0.6 is 11.6 Å². The summed E-state index contributed by atoms with van der Waals surface area (Å²) in [5.41, 5.74) is 6.15. The summed E-state index contributed by atoms with van der Waals surface area (Å²) in [6, 6.07) is 0.295. The van der Waals surface area contributed by atoms with Gasteiger partial charge in [0.05, 0.1) is 11.7 Å². The molecule has 2 heterocycles. The first-order valence-corrected chi connectivity index (χ1v) is 5.95. The number of hydrogen-bond donors (Lipinski definition) is 2. The molecule has 3 N–H and O–H groups in total. The first-order valence-electron chi connectivity index (χ1n) is 5.57. The molecule has 1 saturated carbocycles. The van der Waals surface area contributed by atoms with Crippen LogP contribution in [0.1, 0.15) is 18.9 Å². The Morgan fingerprint density at radius 2 is 2.19 bits per heavy atom. The fourth-order valence-electron chi connectivity index (χ4n) is 2.13. The number of likely N-dealkylation sites (tertiary alicyclic amines) is 1. The van der Waals surface area contributed by atoms with Crippen molar-refractivity contribution < 1.29 is 5.11 Å². The van der Waals surface area contributed by atoms with Crippen molar-refractivity contribution in [3.63, 3.8) is 0 Å². The van der Waals surface area contributed by atoms with Crippen LogP contribution in [-0.2, 0) is 0 Å². The van der Waals surface area contributed by atoms with E-state index in [1.807, 2.05) is 0 Å². The number of aliphatic hydroxyl groups is 1. The van der Waals surface area contributed by atoms with E-state index >= 15 is 0 Å². The summed E-state index contributed by atoms with van der Waals surface area (Å²) < 4.78 is 1.80. The molecule has 1 atom stereocenters. The molecule has 1 saturated heterocycles. The smallest absolute Gasteiger partial charge is 0.173 e. The van der Waals surface area contributed by atoms with Gasteiger partial charge in [0.2, 0.25) is 0 Å². The average Bonchev–Trinajstić information content (AvgIpc) is 2.93. The maximum atomic E-state index is 9.88. The van der Waals surface area contributed by atoms with Gasteiger partial charge in [-0.1, -0.05) is 11.6 Å². The van der Waals surface area contributed by atoms with E-state index in [2.05, 4.69) is 10.00 Å². The van der Waals surface area contributed by atoms with Gasteiger partial charge in [0, 0.05) is 19.3 Å². The fraction of sp³-hybridized carbons (Fsp3) is 0.700. The average molecular weight is 243 g/mol. The number of aliphatic hydroxyl groups excluding tert-OH is 1. The third-order valence-corrected chi connectivity index (χ3v) is 3.69. The van der Waals surface area contributed by atoms with Gasteiger partial charge < -0.3 is 10.8 Å². The second-order valence-electron chi connectivity index (χ2n) is 4.71. The molecule has 5 nitrogen and oxygen atoms in total. The number of aromatic nitrogens is 2. The second kappa shape index (κ2) is 3.61. The Kier molecular flexibility index (Phi) is 2.34. The molecule has 0 radical (unpaired) electrons. The zero-order chi connectivity index (χ0) is 11.3. The molecule has 0 bridgehead atoms. The highest BCUT2D eigenvalue weighted by atomic mass is 35.5. The number of anilines is 1. The zero-order valence-corrected chi connectivity index (χ0v) is 9.64. The molecule has 1 unspecified atom stereocenters. The molecule has 3 rings (SSSR count). The first-order chi connectivity index (χ1) is 7.65. The summed E-state index contributed by atoms with van der Waals surface area (Å²) in [7, 11) is 0. The Labute approximate surface area is 98.8 Å². The van der Waals surface area contributed by atoms with Crippen LogP contribution in [-0.4, -0.2) is 39.1 Å². The minimum atomic E-state index is -0.264. The molecule has 1 aliphatic heterocycles. The third-order valence-electron chi connectivity index (χ3n) is 3.40. The number of halogens is 1. The molecule has 2 fully saturated rings. The summed E-state index contributed by atoms with van der Waals surface area (Å²) in [4.78, 5) is 2.08. The van der Waals surface area contributed by atoms with Crippen LogP contribution in [0.5, 0.6) is 0 Å². The van der Waals surface area contributed by atoms with Crippen molar-refractivity contribution in [3.05, 3.63) is 11.3 Å². The fourth-order valence-corrected chi connectivity index (χ4v) is 2.27. The molecule has 0 spiro atoms. The summed E-state index contributed by atoms with van der Waals surface area (Å²) >= 11 is 5.79. The molecule has 0 aromatic carbocycles. The highest BCUT2D eigenvalue weighted by Gasteiger charge is 2.40. The molecular formula is C10H15ClN4O. The minimum absolute atomic E-state index is 0.264. The minimum Gasteiger partial charge on any atom is -0.395 e. The van der Waals surface area contributed by atoms with Crippen molar-refractivity contribution in [2.45, 2.75) is 25.1 Å². The summed E-state index contributed by atoms with van der Waals surface area (Å²) in [5, 5.41) is 14.4. The van der Waals surface area contributed by atoms with Crippen molar-refractivity contribution in [1.29, 1.82) is 0 Å². The van der Waals surface area contributed by atoms with Crippen LogP contribution in [0.2, 0.25) is 5.15 Å². The van der Waals surface area contributed by atoms with Crippen LogP contribution in [0, 0.1) is 5.92 Å². The quantitative estimate of drug-likeness (QED) is 0.819. The lowest BCUT2D eigenvalue weighted by Crippen LogP contribution is -2.53. The maximum Gasteiger partial charge on any atom is 0.173 e. The van der Waals surface area contributed by atoms with Gasteiger partial charge in [-0.15, -0.1) is 0 Å². The molecule has 1 aliphatic carbocycles. The maximum absolute atomic E-state index is 9.88. The number of nitrogen functional groups attached to an aromatic ring is 1. The highest BCUT2D eigenvalue weighted by Crippen LogP contribution is 2.37. The van der Waals surface area contributed by atoms with E-state index in [1.54, 1.807) is 10.9 Å². The number of hydrogen-bond acceptors (Lipinski definition) is 4. The second-order valence-corrected chi connectivity index (χ2v) is 5.07. The zero-order valence-electron chi connectivity index (χ0n) is 8.88. The SMILES string of the molecule is Nc1cn(C2CN(C(O)C3CC3)C2)nc1Cl. The molecule has 16 heavy (non-hydrogen) atoms. The summed E-state index contributed by atoms with van der Waals surface area (Å²) in [6.07, 6.45) is 3.80. The van der Waals surface area contributed by atoms with E-state index < -0.39 is 0 Å². The lowest BCUT2D eigenvalue weighted by atomic mass is 10.1. The van der Waals surface area contributed by atoms with Gasteiger partial charge in [0.25, 0.3) is 0 Å². The lowest BCUT2D eigenvalue weighted by Gasteiger charge is -2.42. The van der Waals surface area contributed by atoms with E-state index in [9.17, 15) is 5.11 Å². The first kappa shape index (κ1) is 10.4. The van der Waals surface area contributed by atoms with E-state index in [1.165, 1.54) is 0 Å². The molecule has 2 aliphatic rings. The Hall–Kier alpha value is -0.780. The van der Waals surface area contributed by atoms with Crippen LogP contribution in [0.4, 0.5) is 5.69 Å². The largest absolute Gasteiger partial charge is 0.395 e. The van der Waals surface area contributed by atoms with Gasteiger partial charge in [-0.05, 0) is 18.8 Å². The Morgan fingerprint density at radius 3 is 2.69 bits per heavy atom. The van der Waals surface area contributed by atoms with Crippen molar-refractivity contribution in [2.75, 3.05) is 18.8 Å². The number of nitrogens with zero attached hydrogens (tertiary/aromatic N) is 3. The van der Waals surface area contributed by atoms with E-state index in [4.69, 9.17) is 17.3 Å². The van der Waals surface area contributed by atoms with Crippen LogP contribution in [0.25, 0.3) is 0 Å². The lowest BCUT2D eigenvalue weighted by molar-refractivity contribution is -0.0745. The van der Waals surface area contributed by atoms with Gasteiger partial charge in [-0.3, -0.25) is 9.58 Å². The molecule has 0 amide bonds. The normalized spacial score (nSPS) is 24.4. The van der Waals surface area contributed by atoms with Crippen LogP contribution in [0.3, 0.4) is 0 Å². The molecule has 1 aromatic heterocycles. The van der Waals surface area contributed by atoms with Crippen molar-refractivity contribution >= 4 is 17.3 Å². The monoisotopic (exact) mass is 242 g/mol. The highest BCUT2D eigenvalue weighted by molar-refractivity contribution is 6.31. The van der Waals surface area contributed by atoms with Gasteiger partial charge in [-0.25, -0.2) is 0 Å². The standard InChI is InChI=1S/C10H15ClN4O/c11-9-8(12)5-15(13-9)7-3-14(4-7)10(16)6-1-2-6/h5-7,10,16H,1-4,12H2. The molecular weight excluding hydrogens is 228 g/mol. The molecule has 1 aromatic rings. The van der Waals surface area contributed by atoms with Gasteiger partial charge in [0.1, 0.15) is 6.23 Å². The predicted molar refractivity (Wildman–Crippen MR) is 61.0 cm³/mol. The van der Waals surface area contributed by atoms with E-state index in [-0.39, 0.29) is 6.23 Å². The Morgan fingerprint density at radius 1 is 1.50 bits per heavy atom. The summed E-state index contributed by atoms with van der Waals surface area (Å²) in [6.45, 7) is 1.66. The number of nitrogens with two attached hydrogens (primary N) is 1. The van der Waals surface area contributed by atoms with Crippen LogP contribution < -0.4 is 5.73 Å². The predicted octanol–water partition coefficient (Wildman–Crippen LogP) is 0.704. The molecule has 6 heteroatoms. The Balaban J connectivity index is 1.60. The third kappa shape index (κ3) is 1.69. The van der Waals surface area contributed by atoms with Gasteiger partial charge in [-0.2, -0.15) is 5.10 Å². The van der Waals surface area contributed by atoms with E-state index in [0.29, 0.717) is 22.8 Å². The van der Waals surface area contributed by atoms with E-state index in [0.717, 1.165) is 25.9 Å². The van der Waals surface area contributed by atoms with Crippen molar-refractivity contribution in [1.82, 2.24) is 14.7 Å². The number of rotatable bonds is 3. The topological polar surface area (TPSA) is 67.3 Å². The summed E-state index contributed by atoms with van der Waals surface area (Å²) in [5.74, 6) is 0.493. The molecule has 88 valence electrons. The van der Waals surface area contributed by atoms with Gasteiger partial charge in [0.15, 0.2) is 5.15 Å². The van der Waals surface area contributed by atoms with Crippen molar-refractivity contribution in [2.24, 2.45) is 5.92 Å².